The second-order valence-corrected chi connectivity index (χ2v) is 13.2. The van der Waals surface area contributed by atoms with Gasteiger partial charge in [-0.3, -0.25) is 0 Å². The van der Waals surface area contributed by atoms with Crippen LogP contribution in [0.4, 0.5) is 11.4 Å². The minimum Gasteiger partial charge on any atom is -0.342 e. The molecule has 1 aliphatic carbocycles. The molecule has 1 aliphatic heterocycles. The van der Waals surface area contributed by atoms with Gasteiger partial charge < -0.3 is 14.5 Å². The predicted octanol–water partition coefficient (Wildman–Crippen LogP) is 9.35. The number of benzene rings is 2. The van der Waals surface area contributed by atoms with Crippen LogP contribution in [-0.2, 0) is 4.74 Å². The van der Waals surface area contributed by atoms with Crippen LogP contribution in [0.3, 0.4) is 0 Å². The van der Waals surface area contributed by atoms with Crippen molar-refractivity contribution in [1.82, 2.24) is 0 Å². The number of hydrogen-bond acceptors (Lipinski definition) is 3. The molecule has 0 spiro atoms. The standard InChI is InChI=1S/C35H53BN2O/c1-24(2)29-18-14-19-30(25(3)4)33(29)37-22-23-38(34-31(26(5)6)20-15-21-32(34)27(7)8)35(37,36)39-28-16-12-10-9-11-13-17-28/h14-15,18-28H,9-13,16-17,36H2,1-8H3. The van der Waals surface area contributed by atoms with E-state index in [1.165, 1.54) is 65.7 Å². The van der Waals surface area contributed by atoms with Crippen LogP contribution in [0.5, 0.6) is 0 Å². The summed E-state index contributed by atoms with van der Waals surface area (Å²) < 4.78 is 7.44. The first kappa shape index (κ1) is 29.8. The van der Waals surface area contributed by atoms with Gasteiger partial charge in [0.1, 0.15) is 0 Å². The molecule has 2 aromatic carbocycles. The molecule has 0 unspecified atom stereocenters. The van der Waals surface area contributed by atoms with Crippen molar-refractivity contribution in [3.05, 3.63) is 71.1 Å². The minimum atomic E-state index is -0.660. The quantitative estimate of drug-likeness (QED) is 0.318. The Kier molecular flexibility index (Phi) is 9.58. The molecule has 0 N–H and O–H groups in total. The van der Waals surface area contributed by atoms with Crippen molar-refractivity contribution in [2.75, 3.05) is 9.80 Å². The summed E-state index contributed by atoms with van der Waals surface area (Å²) in [6, 6.07) is 13.8. The van der Waals surface area contributed by atoms with Crippen LogP contribution >= 0.6 is 0 Å². The van der Waals surface area contributed by atoms with Crippen LogP contribution in [0.1, 0.15) is 146 Å². The number of rotatable bonds is 8. The summed E-state index contributed by atoms with van der Waals surface area (Å²) in [5.41, 5.74) is 8.20. The van der Waals surface area contributed by atoms with Crippen molar-refractivity contribution in [3.8, 4) is 0 Å². The second kappa shape index (κ2) is 12.5. The van der Waals surface area contributed by atoms with Crippen molar-refractivity contribution in [2.24, 2.45) is 0 Å². The number of ether oxygens (including phenoxy) is 1. The zero-order valence-electron chi connectivity index (χ0n) is 26.3. The first-order valence-electron chi connectivity index (χ1n) is 15.8. The first-order valence-corrected chi connectivity index (χ1v) is 15.8. The van der Waals surface area contributed by atoms with E-state index in [0.717, 1.165) is 12.8 Å². The van der Waals surface area contributed by atoms with Gasteiger partial charge in [-0.2, -0.15) is 0 Å². The molecule has 0 radical (unpaired) electrons. The summed E-state index contributed by atoms with van der Waals surface area (Å²) in [4.78, 5) is 4.97. The van der Waals surface area contributed by atoms with Crippen molar-refractivity contribution in [3.63, 3.8) is 0 Å². The van der Waals surface area contributed by atoms with Crippen LogP contribution in [0, 0.1) is 0 Å². The topological polar surface area (TPSA) is 15.7 Å². The highest BCUT2D eigenvalue weighted by atomic mass is 16.5. The van der Waals surface area contributed by atoms with Crippen molar-refractivity contribution >= 4 is 19.2 Å². The van der Waals surface area contributed by atoms with Gasteiger partial charge in [0.05, 0.1) is 17.5 Å². The number of nitrogens with zero attached hydrogens (tertiary/aromatic N) is 2. The van der Waals surface area contributed by atoms with Gasteiger partial charge in [0.2, 0.25) is 0 Å². The average molecular weight is 529 g/mol. The Morgan fingerprint density at radius 1 is 0.615 bits per heavy atom. The molecule has 39 heavy (non-hydrogen) atoms. The lowest BCUT2D eigenvalue weighted by atomic mass is 9.86. The van der Waals surface area contributed by atoms with Gasteiger partial charge in [0, 0.05) is 12.4 Å². The van der Waals surface area contributed by atoms with Crippen LogP contribution < -0.4 is 9.80 Å². The molecule has 2 aromatic rings. The van der Waals surface area contributed by atoms with Crippen LogP contribution in [0.15, 0.2) is 48.8 Å². The highest BCUT2D eigenvalue weighted by Crippen LogP contribution is 2.47. The Morgan fingerprint density at radius 2 is 0.949 bits per heavy atom. The Bertz CT molecular complexity index is 1000. The normalized spacial score (nSPS) is 18.6. The molecular formula is C35H53BN2O. The molecule has 0 atom stereocenters. The minimum absolute atomic E-state index is 0.252. The van der Waals surface area contributed by atoms with Gasteiger partial charge in [-0.25, -0.2) is 0 Å². The average Bonchev–Trinajstić information content (AvgIpc) is 3.20. The summed E-state index contributed by atoms with van der Waals surface area (Å²) in [5, 5.41) is 0. The Labute approximate surface area is 240 Å². The third-order valence-corrected chi connectivity index (χ3v) is 8.87. The van der Waals surface area contributed by atoms with Gasteiger partial charge in [-0.1, -0.05) is 124 Å². The van der Waals surface area contributed by atoms with E-state index in [4.69, 9.17) is 4.74 Å². The Hall–Kier alpha value is -2.20. The molecule has 4 rings (SSSR count). The maximum atomic E-state index is 7.44. The van der Waals surface area contributed by atoms with Crippen molar-refractivity contribution in [1.29, 1.82) is 0 Å². The fourth-order valence-corrected chi connectivity index (χ4v) is 6.64. The molecule has 3 nitrogen and oxygen atoms in total. The fourth-order valence-electron chi connectivity index (χ4n) is 6.64. The van der Waals surface area contributed by atoms with E-state index >= 15 is 0 Å². The molecule has 2 aliphatic rings. The monoisotopic (exact) mass is 528 g/mol. The van der Waals surface area contributed by atoms with E-state index in [1.807, 2.05) is 0 Å². The molecule has 0 bridgehead atoms. The van der Waals surface area contributed by atoms with Crippen LogP contribution in [0.2, 0.25) is 0 Å². The number of anilines is 2. The summed E-state index contributed by atoms with van der Waals surface area (Å²) in [6.07, 6.45) is 13.7. The Morgan fingerprint density at radius 3 is 1.28 bits per heavy atom. The lowest BCUT2D eigenvalue weighted by molar-refractivity contribution is -0.0421. The Balaban J connectivity index is 1.92. The van der Waals surface area contributed by atoms with Gasteiger partial charge in [-0.15, -0.1) is 0 Å². The molecule has 0 aromatic heterocycles. The molecule has 212 valence electrons. The van der Waals surface area contributed by atoms with Crippen LogP contribution in [-0.4, -0.2) is 19.7 Å². The summed E-state index contributed by atoms with van der Waals surface area (Å²) >= 11 is 0. The largest absolute Gasteiger partial charge is 0.342 e. The zero-order chi connectivity index (χ0) is 28.3. The number of hydrogen-bond donors (Lipinski definition) is 0. The van der Waals surface area contributed by atoms with Gasteiger partial charge in [0.15, 0.2) is 13.6 Å². The lowest BCUT2D eigenvalue weighted by Crippen LogP contribution is -2.59. The van der Waals surface area contributed by atoms with E-state index in [9.17, 15) is 0 Å². The molecule has 0 amide bonds. The van der Waals surface area contributed by atoms with Gasteiger partial charge in [-0.05, 0) is 58.8 Å². The summed E-state index contributed by atoms with van der Waals surface area (Å²) in [5.74, 6) is 1.01. The van der Waals surface area contributed by atoms with E-state index < -0.39 is 5.75 Å². The van der Waals surface area contributed by atoms with Crippen molar-refractivity contribution < 1.29 is 4.74 Å². The third-order valence-electron chi connectivity index (χ3n) is 8.87. The fraction of sp³-hybridized carbons (Fsp3) is 0.600. The SMILES string of the molecule is BC1(OC2CCCCCCC2)N(c2c(C(C)C)cccc2C(C)C)C=CN1c1c(C(C)C)cccc1C(C)C. The molecule has 0 saturated heterocycles. The third kappa shape index (κ3) is 6.11. The molecule has 4 heteroatoms. The van der Waals surface area contributed by atoms with Gasteiger partial charge >= 0.3 is 0 Å². The smallest absolute Gasteiger partial charge is 0.200 e. The summed E-state index contributed by atoms with van der Waals surface area (Å²) in [7, 11) is 2.33. The predicted molar refractivity (Wildman–Crippen MR) is 172 cm³/mol. The summed E-state index contributed by atoms with van der Waals surface area (Å²) in [6.45, 7) is 18.5. The maximum absolute atomic E-state index is 7.44. The maximum Gasteiger partial charge on any atom is 0.200 e. The van der Waals surface area contributed by atoms with E-state index in [2.05, 4.69) is 122 Å². The van der Waals surface area contributed by atoms with E-state index in [1.54, 1.807) is 0 Å². The molecule has 1 fully saturated rings. The van der Waals surface area contributed by atoms with Crippen LogP contribution in [0.25, 0.3) is 0 Å². The molecular weight excluding hydrogens is 475 g/mol. The molecule has 1 saturated carbocycles. The van der Waals surface area contributed by atoms with Crippen molar-refractivity contribution in [2.45, 2.75) is 136 Å². The highest BCUT2D eigenvalue weighted by Gasteiger charge is 2.46. The molecule has 1 heterocycles. The van der Waals surface area contributed by atoms with E-state index in [0.29, 0.717) is 23.7 Å². The first-order chi connectivity index (χ1) is 18.6. The highest BCUT2D eigenvalue weighted by molar-refractivity contribution is 6.19. The van der Waals surface area contributed by atoms with Gasteiger partial charge in [0.25, 0.3) is 0 Å². The van der Waals surface area contributed by atoms with E-state index in [-0.39, 0.29) is 6.10 Å². The zero-order valence-corrected chi connectivity index (χ0v) is 26.3. The second-order valence-electron chi connectivity index (χ2n) is 13.2. The number of para-hydroxylation sites is 2. The lowest BCUT2D eigenvalue weighted by Gasteiger charge is -2.48.